The van der Waals surface area contributed by atoms with Crippen molar-refractivity contribution in [2.75, 3.05) is 40.0 Å². The van der Waals surface area contributed by atoms with Crippen LogP contribution in [0.4, 0.5) is 4.79 Å². The lowest BCUT2D eigenvalue weighted by molar-refractivity contribution is 0.0378. The van der Waals surface area contributed by atoms with E-state index in [4.69, 9.17) is 9.47 Å². The Morgan fingerprint density at radius 2 is 1.78 bits per heavy atom. The van der Waals surface area contributed by atoms with E-state index >= 15 is 0 Å². The van der Waals surface area contributed by atoms with Crippen LogP contribution in [0.25, 0.3) is 11.4 Å². The highest BCUT2D eigenvalue weighted by molar-refractivity contribution is 6.05. The first kappa shape index (κ1) is 27.1. The average molecular weight is 498 g/mol. The van der Waals surface area contributed by atoms with Crippen molar-refractivity contribution in [3.05, 3.63) is 47.3 Å². The van der Waals surface area contributed by atoms with Crippen LogP contribution in [-0.4, -0.2) is 89.2 Å². The van der Waals surface area contributed by atoms with Crippen molar-refractivity contribution in [2.45, 2.75) is 46.2 Å². The summed E-state index contributed by atoms with van der Waals surface area (Å²) in [6.45, 7) is 10.6. The number of carbonyl (C=O) groups is 3. The average Bonchev–Trinajstić information content (AvgIpc) is 2.82. The molecule has 1 aliphatic heterocycles. The van der Waals surface area contributed by atoms with Crippen LogP contribution in [-0.2, 0) is 9.47 Å². The molecule has 3 amide bonds. The Bertz CT molecular complexity index is 1100. The molecular formula is C26H35N5O5. The van der Waals surface area contributed by atoms with Crippen LogP contribution in [0.5, 0.6) is 0 Å². The molecule has 2 aromatic rings. The maximum Gasteiger partial charge on any atom is 0.342 e. The topological polar surface area (TPSA) is 114 Å². The van der Waals surface area contributed by atoms with Gasteiger partial charge in [-0.25, -0.2) is 19.6 Å². The number of aromatic nitrogens is 2. The molecule has 3 rings (SSSR count). The quantitative estimate of drug-likeness (QED) is 0.482. The molecule has 0 spiro atoms. The zero-order valence-electron chi connectivity index (χ0n) is 21.8. The van der Waals surface area contributed by atoms with E-state index in [2.05, 4.69) is 15.3 Å². The lowest BCUT2D eigenvalue weighted by Crippen LogP contribution is -2.59. The van der Waals surface area contributed by atoms with Gasteiger partial charge in [0, 0.05) is 43.9 Å². The second-order valence-corrected chi connectivity index (χ2v) is 9.82. The van der Waals surface area contributed by atoms with Gasteiger partial charge in [-0.05, 0) is 34.6 Å². The zero-order chi connectivity index (χ0) is 26.5. The fraction of sp³-hybridized carbons (Fsp3) is 0.500. The molecule has 1 atom stereocenters. The molecule has 0 bridgehead atoms. The molecule has 1 N–H and O–H groups in total. The fourth-order valence-electron chi connectivity index (χ4n) is 3.96. The highest BCUT2D eigenvalue weighted by Crippen LogP contribution is 2.22. The normalized spacial score (nSPS) is 16.0. The van der Waals surface area contributed by atoms with Gasteiger partial charge in [0.05, 0.1) is 12.3 Å². The van der Waals surface area contributed by atoms with Gasteiger partial charge in [0.25, 0.3) is 5.91 Å². The van der Waals surface area contributed by atoms with Gasteiger partial charge in [0.2, 0.25) is 0 Å². The minimum Gasteiger partial charge on any atom is -0.460 e. The molecule has 0 radical (unpaired) electrons. The number of piperazine rings is 1. The van der Waals surface area contributed by atoms with Gasteiger partial charge in [-0.2, -0.15) is 0 Å². The van der Waals surface area contributed by atoms with Crippen LogP contribution in [0, 0.1) is 6.92 Å². The highest BCUT2D eigenvalue weighted by atomic mass is 16.6. The summed E-state index contributed by atoms with van der Waals surface area (Å²) in [6, 6.07) is 8.87. The zero-order valence-corrected chi connectivity index (χ0v) is 21.8. The molecule has 2 heterocycles. The monoisotopic (exact) mass is 497 g/mol. The van der Waals surface area contributed by atoms with Crippen LogP contribution in [0.2, 0.25) is 0 Å². The first-order chi connectivity index (χ1) is 17.0. The molecule has 10 nitrogen and oxygen atoms in total. The number of nitrogens with zero attached hydrogens (tertiary/aromatic N) is 4. The largest absolute Gasteiger partial charge is 0.460 e. The Hall–Kier alpha value is -3.53. The minimum atomic E-state index is -0.677. The van der Waals surface area contributed by atoms with Crippen molar-refractivity contribution in [1.82, 2.24) is 25.1 Å². The summed E-state index contributed by atoms with van der Waals surface area (Å²) < 4.78 is 10.3. The number of hydrogen-bond acceptors (Lipinski definition) is 7. The third-order valence-electron chi connectivity index (χ3n) is 5.71. The van der Waals surface area contributed by atoms with Gasteiger partial charge in [0.15, 0.2) is 5.82 Å². The Balaban J connectivity index is 1.91. The predicted molar refractivity (Wildman–Crippen MR) is 135 cm³/mol. The Morgan fingerprint density at radius 3 is 2.39 bits per heavy atom. The van der Waals surface area contributed by atoms with Crippen molar-refractivity contribution in [1.29, 1.82) is 0 Å². The molecule has 0 saturated carbocycles. The number of ether oxygens (including phenoxy) is 2. The summed E-state index contributed by atoms with van der Waals surface area (Å²) in [5.74, 6) is -0.732. The van der Waals surface area contributed by atoms with Crippen molar-refractivity contribution in [2.24, 2.45) is 0 Å². The molecule has 194 valence electrons. The van der Waals surface area contributed by atoms with E-state index in [1.807, 2.05) is 58.0 Å². The lowest BCUT2D eigenvalue weighted by Gasteiger charge is -2.41. The Kier molecular flexibility index (Phi) is 8.62. The third kappa shape index (κ3) is 6.57. The van der Waals surface area contributed by atoms with E-state index in [1.54, 1.807) is 16.7 Å². The van der Waals surface area contributed by atoms with Crippen molar-refractivity contribution in [3.8, 4) is 11.4 Å². The summed E-state index contributed by atoms with van der Waals surface area (Å²) in [6.07, 6.45) is 0. The Labute approximate surface area is 212 Å². The number of nitrogens with one attached hydrogen (secondary N) is 1. The summed E-state index contributed by atoms with van der Waals surface area (Å²) in [5, 5.41) is 2.97. The molecule has 36 heavy (non-hydrogen) atoms. The van der Waals surface area contributed by atoms with E-state index in [1.165, 1.54) is 7.11 Å². The first-order valence-electron chi connectivity index (χ1n) is 12.0. The second kappa shape index (κ2) is 11.5. The number of hydrogen-bond donors (Lipinski definition) is 1. The van der Waals surface area contributed by atoms with Crippen molar-refractivity contribution in [3.63, 3.8) is 0 Å². The summed E-state index contributed by atoms with van der Waals surface area (Å²) in [4.78, 5) is 51.7. The number of esters is 1. The van der Waals surface area contributed by atoms with Crippen molar-refractivity contribution >= 4 is 17.9 Å². The van der Waals surface area contributed by atoms with E-state index < -0.39 is 11.9 Å². The van der Waals surface area contributed by atoms with Crippen molar-refractivity contribution < 1.29 is 23.9 Å². The Morgan fingerprint density at radius 1 is 1.08 bits per heavy atom. The van der Waals surface area contributed by atoms with Gasteiger partial charge in [-0.1, -0.05) is 30.3 Å². The van der Waals surface area contributed by atoms with Gasteiger partial charge in [-0.15, -0.1) is 0 Å². The van der Waals surface area contributed by atoms with Gasteiger partial charge in [-0.3, -0.25) is 4.79 Å². The predicted octanol–water partition coefficient (Wildman–Crippen LogP) is 2.91. The van der Waals surface area contributed by atoms with Crippen LogP contribution < -0.4 is 5.32 Å². The summed E-state index contributed by atoms with van der Waals surface area (Å²) in [7, 11) is 1.51. The van der Waals surface area contributed by atoms with Gasteiger partial charge in [0.1, 0.15) is 17.9 Å². The van der Waals surface area contributed by atoms with E-state index in [9.17, 15) is 14.4 Å². The molecule has 1 unspecified atom stereocenters. The molecule has 1 fully saturated rings. The maximum absolute atomic E-state index is 13.7. The van der Waals surface area contributed by atoms with Crippen LogP contribution in [0.1, 0.15) is 54.2 Å². The standard InChI is InChI=1S/C26H35N5O5/c1-17-16-30(12-13-31(17)25(34)29-26(3,4)5)23(32)21-20(24(33)36-15-14-35-6)18(2)27-22(28-21)19-10-8-7-9-11-19/h7-11,17H,12-16H2,1-6H3,(H,29,34). The van der Waals surface area contributed by atoms with Crippen LogP contribution in [0.3, 0.4) is 0 Å². The number of rotatable bonds is 6. The van der Waals surface area contributed by atoms with E-state index in [-0.39, 0.29) is 42.1 Å². The fourth-order valence-corrected chi connectivity index (χ4v) is 3.96. The number of aryl methyl sites for hydroxylation is 1. The third-order valence-corrected chi connectivity index (χ3v) is 5.71. The SMILES string of the molecule is COCCOC(=O)c1c(C)nc(-c2ccccc2)nc1C(=O)N1CCN(C(=O)NC(C)(C)C)C(C)C1. The van der Waals surface area contributed by atoms with Crippen LogP contribution in [0.15, 0.2) is 30.3 Å². The number of urea groups is 1. The summed E-state index contributed by atoms with van der Waals surface area (Å²) >= 11 is 0. The first-order valence-corrected chi connectivity index (χ1v) is 12.0. The lowest BCUT2D eigenvalue weighted by atomic mass is 10.1. The molecule has 1 saturated heterocycles. The van der Waals surface area contributed by atoms with Gasteiger partial charge >= 0.3 is 12.0 Å². The molecular weight excluding hydrogens is 462 g/mol. The number of methoxy groups -OCH3 is 1. The molecule has 1 aliphatic rings. The molecule has 0 aliphatic carbocycles. The summed E-state index contributed by atoms with van der Waals surface area (Å²) in [5.41, 5.74) is 0.741. The van der Waals surface area contributed by atoms with E-state index in [0.717, 1.165) is 5.56 Å². The van der Waals surface area contributed by atoms with Gasteiger partial charge < -0.3 is 24.6 Å². The maximum atomic E-state index is 13.7. The second-order valence-electron chi connectivity index (χ2n) is 9.82. The van der Waals surface area contributed by atoms with Crippen LogP contribution >= 0.6 is 0 Å². The highest BCUT2D eigenvalue weighted by Gasteiger charge is 2.34. The molecule has 1 aromatic heterocycles. The molecule has 1 aromatic carbocycles. The number of benzene rings is 1. The number of amides is 3. The molecule has 10 heteroatoms. The number of carbonyl (C=O) groups excluding carboxylic acids is 3. The smallest absolute Gasteiger partial charge is 0.342 e. The minimum absolute atomic E-state index is 0.0106. The van der Waals surface area contributed by atoms with E-state index in [0.29, 0.717) is 31.2 Å².